The molecule has 1 amide bonds. The summed E-state index contributed by atoms with van der Waals surface area (Å²) in [5.41, 5.74) is 5.58. The second-order valence-electron chi connectivity index (χ2n) is 4.54. The Labute approximate surface area is 99.6 Å². The van der Waals surface area contributed by atoms with Gasteiger partial charge in [0.25, 0.3) is 0 Å². The lowest BCUT2D eigenvalue weighted by Crippen LogP contribution is -2.30. The van der Waals surface area contributed by atoms with E-state index >= 15 is 0 Å². The largest absolute Gasteiger partial charge is 0.356 e. The Bertz CT molecular complexity index is 172. The smallest absolute Gasteiger partial charge is 0.220 e. The molecule has 0 aromatic carbocycles. The number of rotatable bonds is 6. The molecule has 3 N–H and O–H groups in total. The van der Waals surface area contributed by atoms with E-state index in [1.807, 2.05) is 6.92 Å². The third-order valence-corrected chi connectivity index (χ3v) is 2.57. The van der Waals surface area contributed by atoms with Gasteiger partial charge in [0.2, 0.25) is 5.91 Å². The molecule has 15 heavy (non-hydrogen) atoms. The third kappa shape index (κ3) is 10.0. The molecule has 3 nitrogen and oxygen atoms in total. The fraction of sp³-hybridized carbons (Fsp3) is 0.909. The van der Waals surface area contributed by atoms with Crippen LogP contribution in [0.25, 0.3) is 0 Å². The Balaban J connectivity index is 0. The van der Waals surface area contributed by atoms with Crippen molar-refractivity contribution in [1.29, 1.82) is 0 Å². The summed E-state index contributed by atoms with van der Waals surface area (Å²) < 4.78 is 0. The van der Waals surface area contributed by atoms with E-state index in [0.717, 1.165) is 6.42 Å². The first-order valence-electron chi connectivity index (χ1n) is 5.45. The van der Waals surface area contributed by atoms with E-state index in [1.54, 1.807) is 0 Å². The standard InChI is InChI=1S/C11H24N2O.ClH/c1-8(2)9(3)7-11(14)13-6-5-10(4)12;/h8-10H,5-7,12H2,1-4H3,(H,13,14);1H. The summed E-state index contributed by atoms with van der Waals surface area (Å²) >= 11 is 0. The van der Waals surface area contributed by atoms with Gasteiger partial charge in [-0.2, -0.15) is 0 Å². The Morgan fingerprint density at radius 1 is 1.27 bits per heavy atom. The van der Waals surface area contributed by atoms with Gasteiger partial charge in [0.05, 0.1) is 0 Å². The number of carbonyl (C=O) groups is 1. The molecule has 0 aliphatic heterocycles. The summed E-state index contributed by atoms with van der Waals surface area (Å²) in [6, 6.07) is 0.165. The molecule has 0 rings (SSSR count). The summed E-state index contributed by atoms with van der Waals surface area (Å²) in [6.45, 7) is 9.03. The van der Waals surface area contributed by atoms with Crippen LogP contribution in [0, 0.1) is 11.8 Å². The quantitative estimate of drug-likeness (QED) is 0.741. The van der Waals surface area contributed by atoms with Crippen molar-refractivity contribution < 1.29 is 4.79 Å². The van der Waals surface area contributed by atoms with Crippen LogP contribution in [0.5, 0.6) is 0 Å². The molecule has 2 atom stereocenters. The van der Waals surface area contributed by atoms with Gasteiger partial charge in [-0.3, -0.25) is 4.79 Å². The molecule has 0 aliphatic carbocycles. The Morgan fingerprint density at radius 2 is 1.80 bits per heavy atom. The van der Waals surface area contributed by atoms with Gasteiger partial charge >= 0.3 is 0 Å². The Morgan fingerprint density at radius 3 is 2.20 bits per heavy atom. The number of nitrogens with two attached hydrogens (primary N) is 1. The molecular formula is C11H25ClN2O. The number of halogens is 1. The van der Waals surface area contributed by atoms with Crippen molar-refractivity contribution in [2.75, 3.05) is 6.54 Å². The fourth-order valence-corrected chi connectivity index (χ4v) is 1.04. The molecule has 0 radical (unpaired) electrons. The topological polar surface area (TPSA) is 55.1 Å². The minimum absolute atomic E-state index is 0. The van der Waals surface area contributed by atoms with Crippen LogP contribution in [-0.2, 0) is 4.79 Å². The van der Waals surface area contributed by atoms with Crippen molar-refractivity contribution in [1.82, 2.24) is 5.32 Å². The maximum Gasteiger partial charge on any atom is 0.220 e. The van der Waals surface area contributed by atoms with Gasteiger partial charge in [-0.15, -0.1) is 12.4 Å². The zero-order valence-corrected chi connectivity index (χ0v) is 11.1. The zero-order valence-electron chi connectivity index (χ0n) is 10.2. The lowest BCUT2D eigenvalue weighted by Gasteiger charge is -2.15. The first-order chi connectivity index (χ1) is 6.43. The van der Waals surface area contributed by atoms with E-state index < -0.39 is 0 Å². The highest BCUT2D eigenvalue weighted by Crippen LogP contribution is 2.13. The molecule has 0 aromatic rings. The monoisotopic (exact) mass is 236 g/mol. The number of amides is 1. The van der Waals surface area contributed by atoms with Crippen molar-refractivity contribution in [2.24, 2.45) is 17.6 Å². The minimum Gasteiger partial charge on any atom is -0.356 e. The first-order valence-corrected chi connectivity index (χ1v) is 5.45. The van der Waals surface area contributed by atoms with Crippen molar-refractivity contribution in [3.8, 4) is 0 Å². The van der Waals surface area contributed by atoms with E-state index in [-0.39, 0.29) is 24.4 Å². The number of nitrogens with one attached hydrogen (secondary N) is 1. The Kier molecular flexibility index (Phi) is 10.3. The van der Waals surface area contributed by atoms with Crippen LogP contribution in [0.15, 0.2) is 0 Å². The van der Waals surface area contributed by atoms with Gasteiger partial charge in [0.15, 0.2) is 0 Å². The van der Waals surface area contributed by atoms with E-state index in [2.05, 4.69) is 26.1 Å². The van der Waals surface area contributed by atoms with Gasteiger partial charge in [-0.25, -0.2) is 0 Å². The molecule has 0 bridgehead atoms. The molecule has 0 saturated carbocycles. The van der Waals surface area contributed by atoms with E-state index in [1.165, 1.54) is 0 Å². The molecule has 0 saturated heterocycles. The van der Waals surface area contributed by atoms with Crippen LogP contribution in [0.2, 0.25) is 0 Å². The second-order valence-corrected chi connectivity index (χ2v) is 4.54. The zero-order chi connectivity index (χ0) is 11.1. The molecular weight excluding hydrogens is 212 g/mol. The summed E-state index contributed by atoms with van der Waals surface area (Å²) in [5.74, 6) is 1.16. The second kappa shape index (κ2) is 8.98. The molecule has 92 valence electrons. The number of hydrogen-bond acceptors (Lipinski definition) is 2. The van der Waals surface area contributed by atoms with Crippen molar-refractivity contribution in [3.05, 3.63) is 0 Å². The molecule has 0 aromatic heterocycles. The summed E-state index contributed by atoms with van der Waals surface area (Å²) in [5, 5.41) is 2.88. The van der Waals surface area contributed by atoms with Crippen molar-refractivity contribution >= 4 is 18.3 Å². The highest BCUT2D eigenvalue weighted by molar-refractivity contribution is 5.85. The SMILES string of the molecule is CC(N)CCNC(=O)CC(C)C(C)C.Cl. The summed E-state index contributed by atoms with van der Waals surface area (Å²) in [7, 11) is 0. The van der Waals surface area contributed by atoms with Gasteiger partial charge in [-0.1, -0.05) is 20.8 Å². The van der Waals surface area contributed by atoms with Crippen LogP contribution in [0.3, 0.4) is 0 Å². The predicted octanol–water partition coefficient (Wildman–Crippen LogP) is 1.94. The van der Waals surface area contributed by atoms with Crippen LogP contribution < -0.4 is 11.1 Å². The van der Waals surface area contributed by atoms with Crippen LogP contribution >= 0.6 is 12.4 Å². The highest BCUT2D eigenvalue weighted by Gasteiger charge is 2.11. The Hall–Kier alpha value is -0.280. The van der Waals surface area contributed by atoms with Gasteiger partial charge in [-0.05, 0) is 25.2 Å². The average Bonchev–Trinajstić information content (AvgIpc) is 2.02. The normalized spacial score (nSPS) is 14.3. The van der Waals surface area contributed by atoms with Crippen molar-refractivity contribution in [2.45, 2.75) is 46.6 Å². The molecule has 0 spiro atoms. The lowest BCUT2D eigenvalue weighted by molar-refractivity contribution is -0.122. The fourth-order valence-electron chi connectivity index (χ4n) is 1.04. The van der Waals surface area contributed by atoms with E-state index in [4.69, 9.17) is 5.73 Å². The van der Waals surface area contributed by atoms with Crippen LogP contribution in [0.1, 0.15) is 40.5 Å². The van der Waals surface area contributed by atoms with Crippen LogP contribution in [0.4, 0.5) is 0 Å². The maximum atomic E-state index is 11.4. The van der Waals surface area contributed by atoms with Gasteiger partial charge in [0.1, 0.15) is 0 Å². The first kappa shape index (κ1) is 17.1. The third-order valence-electron chi connectivity index (χ3n) is 2.57. The average molecular weight is 237 g/mol. The summed E-state index contributed by atoms with van der Waals surface area (Å²) in [6.07, 6.45) is 1.47. The maximum absolute atomic E-state index is 11.4. The van der Waals surface area contributed by atoms with Gasteiger partial charge < -0.3 is 11.1 Å². The van der Waals surface area contributed by atoms with E-state index in [0.29, 0.717) is 24.8 Å². The predicted molar refractivity (Wildman–Crippen MR) is 67.1 cm³/mol. The molecule has 2 unspecified atom stereocenters. The van der Waals surface area contributed by atoms with Crippen LogP contribution in [-0.4, -0.2) is 18.5 Å². The lowest BCUT2D eigenvalue weighted by atomic mass is 9.94. The summed E-state index contributed by atoms with van der Waals surface area (Å²) in [4.78, 5) is 11.4. The van der Waals surface area contributed by atoms with E-state index in [9.17, 15) is 4.79 Å². The van der Waals surface area contributed by atoms with Crippen molar-refractivity contribution in [3.63, 3.8) is 0 Å². The highest BCUT2D eigenvalue weighted by atomic mass is 35.5. The number of hydrogen-bond donors (Lipinski definition) is 2. The molecule has 0 heterocycles. The van der Waals surface area contributed by atoms with Gasteiger partial charge in [0, 0.05) is 19.0 Å². The number of carbonyl (C=O) groups excluding carboxylic acids is 1. The molecule has 0 aliphatic rings. The molecule has 0 fully saturated rings. The molecule has 4 heteroatoms. The minimum atomic E-state index is 0.